The molecule has 1 N–H and O–H groups in total. The summed E-state index contributed by atoms with van der Waals surface area (Å²) < 4.78 is 5.37. The molecule has 116 valence electrons. The number of aromatic nitrogens is 2. The van der Waals surface area contributed by atoms with Crippen LogP contribution in [0.1, 0.15) is 50.0 Å². The average molecular weight is 291 g/mol. The first-order chi connectivity index (χ1) is 10.3. The van der Waals surface area contributed by atoms with Crippen LogP contribution in [-0.2, 0) is 9.53 Å². The fourth-order valence-corrected chi connectivity index (χ4v) is 3.47. The van der Waals surface area contributed by atoms with Crippen LogP contribution in [0.5, 0.6) is 0 Å². The molecule has 2 fully saturated rings. The number of rotatable bonds is 4. The van der Waals surface area contributed by atoms with Crippen LogP contribution >= 0.6 is 0 Å². The van der Waals surface area contributed by atoms with Crippen LogP contribution in [0.4, 0.5) is 0 Å². The largest absolute Gasteiger partial charge is 0.381 e. The molecule has 1 aromatic heterocycles. The summed E-state index contributed by atoms with van der Waals surface area (Å²) in [7, 11) is 0. The van der Waals surface area contributed by atoms with Gasteiger partial charge < -0.3 is 9.64 Å². The van der Waals surface area contributed by atoms with Crippen molar-refractivity contribution < 1.29 is 9.53 Å². The van der Waals surface area contributed by atoms with Crippen LogP contribution in [0.2, 0.25) is 0 Å². The fourth-order valence-electron chi connectivity index (χ4n) is 3.47. The first-order valence-electron chi connectivity index (χ1n) is 8.17. The zero-order valence-corrected chi connectivity index (χ0v) is 12.6. The van der Waals surface area contributed by atoms with Crippen LogP contribution in [-0.4, -0.2) is 47.3 Å². The summed E-state index contributed by atoms with van der Waals surface area (Å²) in [5, 5.41) is 6.89. The van der Waals surface area contributed by atoms with Crippen molar-refractivity contribution in [2.75, 3.05) is 26.3 Å². The van der Waals surface area contributed by atoms with E-state index in [1.165, 1.54) is 5.56 Å². The maximum absolute atomic E-state index is 12.3. The Morgan fingerprint density at radius 3 is 2.71 bits per heavy atom. The molecule has 5 heteroatoms. The number of nitrogens with zero attached hydrogens (tertiary/aromatic N) is 2. The highest BCUT2D eigenvalue weighted by atomic mass is 16.5. The van der Waals surface area contributed by atoms with Gasteiger partial charge in [-0.3, -0.25) is 9.89 Å². The molecule has 0 bridgehead atoms. The maximum Gasteiger partial charge on any atom is 0.222 e. The molecule has 1 amide bonds. The van der Waals surface area contributed by atoms with E-state index in [4.69, 9.17) is 4.74 Å². The van der Waals surface area contributed by atoms with Gasteiger partial charge in [-0.05, 0) is 49.5 Å². The van der Waals surface area contributed by atoms with Crippen LogP contribution in [0, 0.1) is 5.92 Å². The summed E-state index contributed by atoms with van der Waals surface area (Å²) >= 11 is 0. The van der Waals surface area contributed by atoms with Gasteiger partial charge in [-0.1, -0.05) is 0 Å². The Labute approximate surface area is 126 Å². The second-order valence-corrected chi connectivity index (χ2v) is 6.28. The van der Waals surface area contributed by atoms with Crippen molar-refractivity contribution in [2.24, 2.45) is 5.92 Å². The summed E-state index contributed by atoms with van der Waals surface area (Å²) in [4.78, 5) is 14.4. The van der Waals surface area contributed by atoms with Crippen LogP contribution in [0.25, 0.3) is 0 Å². The molecule has 1 aromatic rings. The van der Waals surface area contributed by atoms with Crippen molar-refractivity contribution in [3.8, 4) is 0 Å². The fraction of sp³-hybridized carbons (Fsp3) is 0.750. The number of nitrogens with one attached hydrogen (secondary N) is 1. The highest BCUT2D eigenvalue weighted by Gasteiger charge is 2.25. The summed E-state index contributed by atoms with van der Waals surface area (Å²) in [6.45, 7) is 3.52. The van der Waals surface area contributed by atoms with Crippen molar-refractivity contribution in [2.45, 2.75) is 44.4 Å². The van der Waals surface area contributed by atoms with Gasteiger partial charge in [-0.25, -0.2) is 0 Å². The number of likely N-dealkylation sites (tertiary alicyclic amines) is 1. The average Bonchev–Trinajstić information content (AvgIpc) is 3.08. The number of carbonyl (C=O) groups excluding carboxylic acids is 1. The minimum Gasteiger partial charge on any atom is -0.381 e. The van der Waals surface area contributed by atoms with Crippen molar-refractivity contribution in [1.82, 2.24) is 15.1 Å². The van der Waals surface area contributed by atoms with Gasteiger partial charge in [0.1, 0.15) is 0 Å². The molecule has 0 spiro atoms. The van der Waals surface area contributed by atoms with E-state index < -0.39 is 0 Å². The maximum atomic E-state index is 12.3. The van der Waals surface area contributed by atoms with Crippen molar-refractivity contribution in [3.05, 3.63) is 18.0 Å². The van der Waals surface area contributed by atoms with Gasteiger partial charge in [0.15, 0.2) is 0 Å². The zero-order chi connectivity index (χ0) is 14.5. The first kappa shape index (κ1) is 14.6. The Balaban J connectivity index is 1.40. The lowest BCUT2D eigenvalue weighted by Gasteiger charge is -2.32. The van der Waals surface area contributed by atoms with Gasteiger partial charge in [0.2, 0.25) is 5.91 Å². The van der Waals surface area contributed by atoms with Gasteiger partial charge in [0, 0.05) is 38.9 Å². The Morgan fingerprint density at radius 2 is 2.05 bits per heavy atom. The lowest BCUT2D eigenvalue weighted by Crippen LogP contribution is -2.38. The molecule has 0 unspecified atom stereocenters. The molecule has 3 heterocycles. The number of aromatic amines is 1. The van der Waals surface area contributed by atoms with Gasteiger partial charge in [-0.2, -0.15) is 5.10 Å². The first-order valence-corrected chi connectivity index (χ1v) is 8.17. The molecule has 5 nitrogen and oxygen atoms in total. The van der Waals surface area contributed by atoms with Gasteiger partial charge >= 0.3 is 0 Å². The lowest BCUT2D eigenvalue weighted by atomic mass is 9.91. The van der Waals surface area contributed by atoms with Crippen molar-refractivity contribution in [3.63, 3.8) is 0 Å². The predicted octanol–water partition coefficient (Wildman–Crippen LogP) is 2.32. The van der Waals surface area contributed by atoms with E-state index in [1.807, 2.05) is 12.4 Å². The standard InChI is InChI=1S/C16H25N3O2/c20-16(2-1-13-5-9-21-10-6-13)19-7-3-14(4-8-19)15-11-17-18-12-15/h11-14H,1-10H2,(H,17,18). The SMILES string of the molecule is O=C(CCC1CCOCC1)N1CCC(c2cn[nH]c2)CC1. The Kier molecular flexibility index (Phi) is 4.91. The van der Waals surface area contributed by atoms with Crippen LogP contribution in [0.15, 0.2) is 12.4 Å². The van der Waals surface area contributed by atoms with E-state index in [-0.39, 0.29) is 0 Å². The number of amides is 1. The number of piperidine rings is 1. The quantitative estimate of drug-likeness (QED) is 0.926. The van der Waals surface area contributed by atoms with Crippen molar-refractivity contribution in [1.29, 1.82) is 0 Å². The van der Waals surface area contributed by atoms with E-state index in [9.17, 15) is 4.79 Å². The second-order valence-electron chi connectivity index (χ2n) is 6.28. The molecule has 3 rings (SSSR count). The highest BCUT2D eigenvalue weighted by Crippen LogP contribution is 2.28. The van der Waals surface area contributed by atoms with Gasteiger partial charge in [0.05, 0.1) is 6.20 Å². The lowest BCUT2D eigenvalue weighted by molar-refractivity contribution is -0.132. The van der Waals surface area contributed by atoms with Crippen molar-refractivity contribution >= 4 is 5.91 Å². The number of carbonyl (C=O) groups is 1. The zero-order valence-electron chi connectivity index (χ0n) is 12.6. The minimum absolute atomic E-state index is 0.340. The van der Waals surface area contributed by atoms with E-state index in [2.05, 4.69) is 15.1 Å². The molecule has 0 aliphatic carbocycles. The van der Waals surface area contributed by atoms with Crippen LogP contribution in [0.3, 0.4) is 0 Å². The number of H-pyrrole nitrogens is 1. The van der Waals surface area contributed by atoms with E-state index >= 15 is 0 Å². The summed E-state index contributed by atoms with van der Waals surface area (Å²) in [6.07, 6.45) is 9.99. The molecule has 2 aliphatic rings. The normalized spacial score (nSPS) is 21.6. The number of hydrogen-bond donors (Lipinski definition) is 1. The molecule has 0 atom stereocenters. The third-order valence-electron chi connectivity index (χ3n) is 4.95. The summed E-state index contributed by atoms with van der Waals surface area (Å²) in [5.41, 5.74) is 1.28. The molecule has 0 aromatic carbocycles. The van der Waals surface area contributed by atoms with Gasteiger partial charge in [0.25, 0.3) is 0 Å². The minimum atomic E-state index is 0.340. The molecule has 0 radical (unpaired) electrons. The molecular weight excluding hydrogens is 266 g/mol. The molecule has 21 heavy (non-hydrogen) atoms. The van der Waals surface area contributed by atoms with Gasteiger partial charge in [-0.15, -0.1) is 0 Å². The second kappa shape index (κ2) is 7.07. The molecule has 0 saturated carbocycles. The Bertz CT molecular complexity index is 432. The Hall–Kier alpha value is -1.36. The molecule has 2 aliphatic heterocycles. The summed E-state index contributed by atoms with van der Waals surface area (Å²) in [5.74, 6) is 1.58. The third kappa shape index (κ3) is 3.84. The van der Waals surface area contributed by atoms with E-state index in [0.717, 1.165) is 58.4 Å². The molecule has 2 saturated heterocycles. The predicted molar refractivity (Wildman–Crippen MR) is 79.9 cm³/mol. The van der Waals surface area contributed by atoms with E-state index in [0.29, 0.717) is 24.2 Å². The highest BCUT2D eigenvalue weighted by molar-refractivity contribution is 5.76. The Morgan fingerprint density at radius 1 is 1.29 bits per heavy atom. The number of hydrogen-bond acceptors (Lipinski definition) is 3. The van der Waals surface area contributed by atoms with Crippen LogP contribution < -0.4 is 0 Å². The third-order valence-corrected chi connectivity index (χ3v) is 4.95. The monoisotopic (exact) mass is 291 g/mol. The topological polar surface area (TPSA) is 58.2 Å². The smallest absolute Gasteiger partial charge is 0.222 e. The van der Waals surface area contributed by atoms with E-state index in [1.54, 1.807) is 0 Å². The molecular formula is C16H25N3O2. The number of ether oxygens (including phenoxy) is 1. The summed E-state index contributed by atoms with van der Waals surface area (Å²) in [6, 6.07) is 0.